The standard InChI is InChI=1S/C63H115NO13/c1-3-5-7-9-11-13-15-17-19-21-23-25-26-27-29-31-33-35-37-39-41-43-45-47-55(68)64-51(52(67)46-44-42-40-38-36-34-32-30-28-24-22-20-18-16-14-12-10-8-6-4-2)50-74-62-60(73)58(71)61(54(49-66)76-62)77-63-59(72)57(70)56(69)53(48-65)75-63/h5,7,11,13,17,19,23,25,51-54,56-63,65-67,69-73H,3-4,6,8-10,12,14-16,18,20-22,24,26-50H2,1-2H3,(H,64,68)/b7-5-,13-11-,19-17-,25-23-. The number of carbonyl (C=O) groups excluding carboxylic acids is 1. The Kier molecular flexibility index (Phi) is 44.9. The van der Waals surface area contributed by atoms with Crippen LogP contribution in [0.2, 0.25) is 0 Å². The zero-order chi connectivity index (χ0) is 56.0. The van der Waals surface area contributed by atoms with Crippen LogP contribution in [0.3, 0.4) is 0 Å². The van der Waals surface area contributed by atoms with Crippen molar-refractivity contribution in [3.63, 3.8) is 0 Å². The highest BCUT2D eigenvalue weighted by Crippen LogP contribution is 2.30. The van der Waals surface area contributed by atoms with Gasteiger partial charge in [-0.15, -0.1) is 0 Å². The number of ether oxygens (including phenoxy) is 4. The summed E-state index contributed by atoms with van der Waals surface area (Å²) in [5, 5.41) is 87.4. The number of allylic oxidation sites excluding steroid dienone is 8. The molecule has 2 rings (SSSR count). The van der Waals surface area contributed by atoms with Crippen LogP contribution in [0.25, 0.3) is 0 Å². The Morgan fingerprint density at radius 2 is 0.896 bits per heavy atom. The molecule has 14 nitrogen and oxygen atoms in total. The third kappa shape index (κ3) is 34.1. The quantitative estimate of drug-likeness (QED) is 0.0204. The second kappa shape index (κ2) is 48.6. The van der Waals surface area contributed by atoms with Gasteiger partial charge in [0.05, 0.1) is 32.0 Å². The summed E-state index contributed by atoms with van der Waals surface area (Å²) in [5.74, 6) is -0.210. The fourth-order valence-corrected chi connectivity index (χ4v) is 10.3. The Morgan fingerprint density at radius 1 is 0.481 bits per heavy atom. The summed E-state index contributed by atoms with van der Waals surface area (Å²) in [5.41, 5.74) is 0. The van der Waals surface area contributed by atoms with E-state index < -0.39 is 86.8 Å². The minimum atomic E-state index is -1.78. The third-order valence-corrected chi connectivity index (χ3v) is 15.3. The number of aliphatic hydroxyl groups is 8. The Bertz CT molecular complexity index is 1480. The van der Waals surface area contributed by atoms with Crippen LogP contribution in [0.15, 0.2) is 48.6 Å². The second-order valence-electron chi connectivity index (χ2n) is 22.2. The largest absolute Gasteiger partial charge is 0.394 e. The van der Waals surface area contributed by atoms with Gasteiger partial charge in [-0.2, -0.15) is 0 Å². The predicted molar refractivity (Wildman–Crippen MR) is 309 cm³/mol. The van der Waals surface area contributed by atoms with E-state index in [4.69, 9.17) is 18.9 Å². The van der Waals surface area contributed by atoms with Crippen LogP contribution in [0.4, 0.5) is 0 Å². The molecule has 2 aliphatic rings. The maximum Gasteiger partial charge on any atom is 0.220 e. The van der Waals surface area contributed by atoms with Gasteiger partial charge in [-0.25, -0.2) is 0 Å². The van der Waals surface area contributed by atoms with Gasteiger partial charge < -0.3 is 65.1 Å². The molecule has 450 valence electrons. The lowest BCUT2D eigenvalue weighted by Gasteiger charge is -2.46. The summed E-state index contributed by atoms with van der Waals surface area (Å²) >= 11 is 0. The van der Waals surface area contributed by atoms with Crippen molar-refractivity contribution >= 4 is 5.91 Å². The molecule has 0 saturated carbocycles. The van der Waals surface area contributed by atoms with Crippen molar-refractivity contribution in [2.75, 3.05) is 19.8 Å². The molecule has 0 aromatic carbocycles. The van der Waals surface area contributed by atoms with Crippen LogP contribution in [0.5, 0.6) is 0 Å². The molecule has 0 spiro atoms. The highest BCUT2D eigenvalue weighted by atomic mass is 16.7. The Balaban J connectivity index is 1.73. The molecular formula is C63H115NO13. The van der Waals surface area contributed by atoms with Gasteiger partial charge in [0, 0.05) is 6.42 Å². The van der Waals surface area contributed by atoms with Crippen molar-refractivity contribution in [3.8, 4) is 0 Å². The lowest BCUT2D eigenvalue weighted by atomic mass is 9.97. The van der Waals surface area contributed by atoms with Crippen LogP contribution in [0.1, 0.15) is 251 Å². The molecule has 2 heterocycles. The molecular weight excluding hydrogens is 979 g/mol. The number of unbranched alkanes of at least 4 members (excludes halogenated alkanes) is 29. The van der Waals surface area contributed by atoms with E-state index in [0.717, 1.165) is 83.5 Å². The molecule has 9 N–H and O–H groups in total. The second-order valence-corrected chi connectivity index (χ2v) is 22.2. The van der Waals surface area contributed by atoms with Gasteiger partial charge in [-0.3, -0.25) is 4.79 Å². The maximum atomic E-state index is 13.3. The first-order valence-electron chi connectivity index (χ1n) is 31.4. The fraction of sp³-hybridized carbons (Fsp3) is 0.857. The number of hydrogen-bond acceptors (Lipinski definition) is 13. The maximum absolute atomic E-state index is 13.3. The molecule has 2 fully saturated rings. The molecule has 0 radical (unpaired) electrons. The van der Waals surface area contributed by atoms with Crippen molar-refractivity contribution in [3.05, 3.63) is 48.6 Å². The fourth-order valence-electron chi connectivity index (χ4n) is 10.3. The van der Waals surface area contributed by atoms with E-state index >= 15 is 0 Å². The smallest absolute Gasteiger partial charge is 0.220 e. The normalized spacial score (nSPS) is 25.0. The predicted octanol–water partition coefficient (Wildman–Crippen LogP) is 11.2. The van der Waals surface area contributed by atoms with E-state index in [2.05, 4.69) is 67.8 Å². The van der Waals surface area contributed by atoms with Crippen LogP contribution in [0, 0.1) is 0 Å². The Hall–Kier alpha value is -2.05. The van der Waals surface area contributed by atoms with E-state index in [9.17, 15) is 45.6 Å². The van der Waals surface area contributed by atoms with Crippen LogP contribution >= 0.6 is 0 Å². The van der Waals surface area contributed by atoms with Crippen molar-refractivity contribution in [2.45, 2.75) is 325 Å². The first-order chi connectivity index (χ1) is 37.6. The van der Waals surface area contributed by atoms with Crippen molar-refractivity contribution in [1.29, 1.82) is 0 Å². The van der Waals surface area contributed by atoms with Crippen LogP contribution < -0.4 is 5.32 Å². The zero-order valence-corrected chi connectivity index (χ0v) is 48.5. The van der Waals surface area contributed by atoms with E-state index in [-0.39, 0.29) is 12.5 Å². The molecule has 1 amide bonds. The minimum Gasteiger partial charge on any atom is -0.394 e. The topological polar surface area (TPSA) is 228 Å². The number of aliphatic hydroxyl groups excluding tert-OH is 8. The summed E-state index contributed by atoms with van der Waals surface area (Å²) in [6, 6.07) is -0.833. The first kappa shape index (κ1) is 71.1. The lowest BCUT2D eigenvalue weighted by Crippen LogP contribution is -2.65. The number of nitrogens with one attached hydrogen (secondary N) is 1. The van der Waals surface area contributed by atoms with Crippen LogP contribution in [-0.4, -0.2) is 140 Å². The molecule has 12 unspecified atom stereocenters. The Labute approximate surface area is 467 Å². The molecule has 0 bridgehead atoms. The summed E-state index contributed by atoms with van der Waals surface area (Å²) in [6.07, 6.45) is 43.9. The van der Waals surface area contributed by atoms with Gasteiger partial charge in [0.2, 0.25) is 5.91 Å². The molecule has 14 heteroatoms. The van der Waals surface area contributed by atoms with Crippen LogP contribution in [-0.2, 0) is 23.7 Å². The SMILES string of the molecule is CC/C=C\C/C=C\C/C=C\C/C=C\CCCCCCCCCCCCC(=O)NC(COC1OC(CO)C(OC2OC(CO)C(O)C(O)C2O)C(O)C1O)C(O)CCCCCCCCCCCCCCCCCCCCCC. The summed E-state index contributed by atoms with van der Waals surface area (Å²) in [4.78, 5) is 13.3. The van der Waals surface area contributed by atoms with E-state index in [1.54, 1.807) is 0 Å². The van der Waals surface area contributed by atoms with E-state index in [1.807, 2.05) is 0 Å². The van der Waals surface area contributed by atoms with Crippen molar-refractivity contribution < 1.29 is 64.6 Å². The molecule has 0 aromatic rings. The average Bonchev–Trinajstić information content (AvgIpc) is 3.44. The van der Waals surface area contributed by atoms with Gasteiger partial charge in [-0.05, 0) is 51.4 Å². The number of carbonyl (C=O) groups is 1. The molecule has 2 saturated heterocycles. The van der Waals surface area contributed by atoms with E-state index in [0.29, 0.717) is 12.8 Å². The van der Waals surface area contributed by atoms with Gasteiger partial charge >= 0.3 is 0 Å². The highest BCUT2D eigenvalue weighted by molar-refractivity contribution is 5.76. The van der Waals surface area contributed by atoms with Gasteiger partial charge in [0.15, 0.2) is 12.6 Å². The molecule has 0 aromatic heterocycles. The number of amides is 1. The van der Waals surface area contributed by atoms with Crippen molar-refractivity contribution in [2.24, 2.45) is 0 Å². The molecule has 2 aliphatic heterocycles. The number of hydrogen-bond donors (Lipinski definition) is 9. The highest BCUT2D eigenvalue weighted by Gasteiger charge is 2.51. The third-order valence-electron chi connectivity index (χ3n) is 15.3. The monoisotopic (exact) mass is 1090 g/mol. The van der Waals surface area contributed by atoms with Crippen molar-refractivity contribution in [1.82, 2.24) is 5.32 Å². The first-order valence-corrected chi connectivity index (χ1v) is 31.4. The van der Waals surface area contributed by atoms with Gasteiger partial charge in [-0.1, -0.05) is 242 Å². The molecule has 12 atom stereocenters. The number of rotatable bonds is 50. The van der Waals surface area contributed by atoms with E-state index in [1.165, 1.54) is 141 Å². The average molecular weight is 1090 g/mol. The summed E-state index contributed by atoms with van der Waals surface area (Å²) in [7, 11) is 0. The summed E-state index contributed by atoms with van der Waals surface area (Å²) < 4.78 is 22.9. The van der Waals surface area contributed by atoms with Gasteiger partial charge in [0.25, 0.3) is 0 Å². The Morgan fingerprint density at radius 3 is 1.38 bits per heavy atom. The lowest BCUT2D eigenvalue weighted by molar-refractivity contribution is -0.359. The molecule has 0 aliphatic carbocycles. The van der Waals surface area contributed by atoms with Gasteiger partial charge in [0.1, 0.15) is 48.8 Å². The minimum absolute atomic E-state index is 0.210. The molecule has 77 heavy (non-hydrogen) atoms. The zero-order valence-electron chi connectivity index (χ0n) is 48.5. The summed E-state index contributed by atoms with van der Waals surface area (Å²) in [6.45, 7) is 2.77.